The normalized spacial score (nSPS) is 25.0. The van der Waals surface area contributed by atoms with Gasteiger partial charge in [-0.3, -0.25) is 14.5 Å². The molecule has 0 unspecified atom stereocenters. The summed E-state index contributed by atoms with van der Waals surface area (Å²) in [5.74, 6) is 1.56. The van der Waals surface area contributed by atoms with E-state index in [9.17, 15) is 9.59 Å². The van der Waals surface area contributed by atoms with Crippen LogP contribution in [0.5, 0.6) is 5.75 Å². The minimum atomic E-state index is -0.138. The highest BCUT2D eigenvalue weighted by Crippen LogP contribution is 2.33. The standard InChI is InChI=1S/C21H29N3O3/c1-15-20(25)24(18-4-3-5-19(14-18)27-2)13-12-23(15)17-8-10-22(11-9-17)21(26)16-6-7-16/h3-5,14-17H,6-13H2,1-2H3/t15-/m1/s1. The number of methoxy groups -OCH3 is 1. The van der Waals surface area contributed by atoms with E-state index >= 15 is 0 Å². The molecule has 6 nitrogen and oxygen atoms in total. The van der Waals surface area contributed by atoms with E-state index in [0.717, 1.165) is 56.8 Å². The van der Waals surface area contributed by atoms with Crippen molar-refractivity contribution in [1.29, 1.82) is 0 Å². The lowest BCUT2D eigenvalue weighted by atomic mass is 9.99. The summed E-state index contributed by atoms with van der Waals surface area (Å²) in [5, 5.41) is 0. The summed E-state index contributed by atoms with van der Waals surface area (Å²) in [4.78, 5) is 31.5. The average Bonchev–Trinajstić information content (AvgIpc) is 3.55. The fraction of sp³-hybridized carbons (Fsp3) is 0.619. The molecule has 4 rings (SSSR count). The van der Waals surface area contributed by atoms with Crippen LogP contribution in [0.1, 0.15) is 32.6 Å². The van der Waals surface area contributed by atoms with Crippen molar-refractivity contribution < 1.29 is 14.3 Å². The van der Waals surface area contributed by atoms with Crippen LogP contribution in [0, 0.1) is 5.92 Å². The molecule has 6 heteroatoms. The number of hydrogen-bond donors (Lipinski definition) is 0. The van der Waals surface area contributed by atoms with Gasteiger partial charge in [0.05, 0.1) is 13.2 Å². The van der Waals surface area contributed by atoms with Crippen molar-refractivity contribution in [3.63, 3.8) is 0 Å². The van der Waals surface area contributed by atoms with E-state index in [1.165, 1.54) is 0 Å². The molecule has 3 aliphatic rings. The Morgan fingerprint density at radius 2 is 1.81 bits per heavy atom. The van der Waals surface area contributed by atoms with Gasteiger partial charge in [0.1, 0.15) is 5.75 Å². The Balaban J connectivity index is 1.38. The molecular formula is C21H29N3O3. The molecule has 1 aromatic rings. The van der Waals surface area contributed by atoms with E-state index in [0.29, 0.717) is 24.4 Å². The highest BCUT2D eigenvalue weighted by Gasteiger charge is 2.39. The first kappa shape index (κ1) is 18.3. The van der Waals surface area contributed by atoms with Crippen LogP contribution in [0.25, 0.3) is 0 Å². The van der Waals surface area contributed by atoms with Gasteiger partial charge in [-0.2, -0.15) is 0 Å². The van der Waals surface area contributed by atoms with E-state index < -0.39 is 0 Å². The SMILES string of the molecule is COc1cccc(N2CCN(C3CCN(C(=O)C4CC4)CC3)[C@H](C)C2=O)c1. The molecule has 2 saturated heterocycles. The van der Waals surface area contributed by atoms with E-state index in [1.807, 2.05) is 41.0 Å². The second-order valence-electron chi connectivity index (χ2n) is 7.94. The van der Waals surface area contributed by atoms with Gasteiger partial charge < -0.3 is 14.5 Å². The summed E-state index contributed by atoms with van der Waals surface area (Å²) in [7, 11) is 1.64. The summed E-state index contributed by atoms with van der Waals surface area (Å²) in [6, 6.07) is 7.95. The third-order valence-electron chi connectivity index (χ3n) is 6.24. The fourth-order valence-electron chi connectivity index (χ4n) is 4.43. The van der Waals surface area contributed by atoms with Crippen molar-refractivity contribution in [2.24, 2.45) is 5.92 Å². The second-order valence-corrected chi connectivity index (χ2v) is 7.94. The number of likely N-dealkylation sites (tertiary alicyclic amines) is 1. The fourth-order valence-corrected chi connectivity index (χ4v) is 4.43. The summed E-state index contributed by atoms with van der Waals surface area (Å²) >= 11 is 0. The highest BCUT2D eigenvalue weighted by atomic mass is 16.5. The summed E-state index contributed by atoms with van der Waals surface area (Å²) < 4.78 is 5.29. The number of piperidine rings is 1. The molecule has 1 aromatic carbocycles. The average molecular weight is 371 g/mol. The van der Waals surface area contributed by atoms with Crippen molar-refractivity contribution in [2.45, 2.75) is 44.7 Å². The second kappa shape index (κ2) is 7.50. The molecule has 2 aliphatic heterocycles. The molecule has 1 aliphatic carbocycles. The molecular weight excluding hydrogens is 342 g/mol. The maximum atomic E-state index is 13.0. The van der Waals surface area contributed by atoms with Gasteiger partial charge in [0, 0.05) is 49.9 Å². The lowest BCUT2D eigenvalue weighted by Crippen LogP contribution is -2.60. The van der Waals surface area contributed by atoms with E-state index in [1.54, 1.807) is 7.11 Å². The van der Waals surface area contributed by atoms with Crippen LogP contribution in [0.3, 0.4) is 0 Å². The first-order valence-electron chi connectivity index (χ1n) is 10.1. The van der Waals surface area contributed by atoms with Crippen molar-refractivity contribution in [1.82, 2.24) is 9.80 Å². The van der Waals surface area contributed by atoms with Crippen LogP contribution < -0.4 is 9.64 Å². The Kier molecular flexibility index (Phi) is 5.08. The molecule has 1 saturated carbocycles. The smallest absolute Gasteiger partial charge is 0.244 e. The van der Waals surface area contributed by atoms with Crippen molar-refractivity contribution in [2.75, 3.05) is 38.2 Å². The third kappa shape index (κ3) is 3.68. The van der Waals surface area contributed by atoms with Crippen molar-refractivity contribution >= 4 is 17.5 Å². The predicted octanol–water partition coefficient (Wildman–Crippen LogP) is 2.13. The number of hydrogen-bond acceptors (Lipinski definition) is 4. The lowest BCUT2D eigenvalue weighted by molar-refractivity contribution is -0.135. The van der Waals surface area contributed by atoms with E-state index in [2.05, 4.69) is 4.90 Å². The number of piperazine rings is 1. The largest absolute Gasteiger partial charge is 0.497 e. The van der Waals surface area contributed by atoms with Crippen LogP contribution in [0.15, 0.2) is 24.3 Å². The maximum Gasteiger partial charge on any atom is 0.244 e. The molecule has 0 spiro atoms. The quantitative estimate of drug-likeness (QED) is 0.814. The van der Waals surface area contributed by atoms with Crippen LogP contribution >= 0.6 is 0 Å². The zero-order valence-corrected chi connectivity index (χ0v) is 16.3. The van der Waals surface area contributed by atoms with Crippen LogP contribution in [0.2, 0.25) is 0 Å². The molecule has 0 bridgehead atoms. The first-order valence-corrected chi connectivity index (χ1v) is 10.1. The Bertz CT molecular complexity index is 710. The van der Waals surface area contributed by atoms with E-state index in [4.69, 9.17) is 4.74 Å². The number of ether oxygens (including phenoxy) is 1. The number of nitrogens with zero attached hydrogens (tertiary/aromatic N) is 3. The van der Waals surface area contributed by atoms with Gasteiger partial charge in [-0.25, -0.2) is 0 Å². The Labute approximate surface area is 161 Å². The van der Waals surface area contributed by atoms with Gasteiger partial charge >= 0.3 is 0 Å². The number of carbonyl (C=O) groups excluding carboxylic acids is 2. The number of amides is 2. The molecule has 2 amide bonds. The van der Waals surface area contributed by atoms with Crippen LogP contribution in [-0.2, 0) is 9.59 Å². The van der Waals surface area contributed by atoms with Crippen LogP contribution in [0.4, 0.5) is 5.69 Å². The van der Waals surface area contributed by atoms with Gasteiger partial charge in [0.2, 0.25) is 11.8 Å². The Morgan fingerprint density at radius 1 is 1.07 bits per heavy atom. The van der Waals surface area contributed by atoms with Crippen molar-refractivity contribution in [3.05, 3.63) is 24.3 Å². The summed E-state index contributed by atoms with van der Waals surface area (Å²) in [6.07, 6.45) is 4.07. The highest BCUT2D eigenvalue weighted by molar-refractivity contribution is 5.97. The first-order chi connectivity index (χ1) is 13.1. The van der Waals surface area contributed by atoms with Gasteiger partial charge in [-0.05, 0) is 44.7 Å². The van der Waals surface area contributed by atoms with Gasteiger partial charge in [0.25, 0.3) is 0 Å². The number of anilines is 1. The maximum absolute atomic E-state index is 13.0. The van der Waals surface area contributed by atoms with Gasteiger partial charge in [-0.1, -0.05) is 6.07 Å². The zero-order valence-electron chi connectivity index (χ0n) is 16.3. The molecule has 2 heterocycles. The predicted molar refractivity (Wildman–Crippen MR) is 104 cm³/mol. The minimum Gasteiger partial charge on any atom is -0.497 e. The molecule has 1 atom stereocenters. The Hall–Kier alpha value is -2.08. The monoisotopic (exact) mass is 371 g/mol. The number of rotatable bonds is 4. The van der Waals surface area contributed by atoms with Crippen LogP contribution in [-0.4, -0.2) is 67.0 Å². The molecule has 3 fully saturated rings. The Morgan fingerprint density at radius 3 is 2.48 bits per heavy atom. The zero-order chi connectivity index (χ0) is 19.0. The van der Waals surface area contributed by atoms with Gasteiger partial charge in [0.15, 0.2) is 0 Å². The van der Waals surface area contributed by atoms with Crippen molar-refractivity contribution in [3.8, 4) is 5.75 Å². The number of carbonyl (C=O) groups is 2. The molecule has 0 radical (unpaired) electrons. The molecule has 0 N–H and O–H groups in total. The summed E-state index contributed by atoms with van der Waals surface area (Å²) in [5.41, 5.74) is 0.899. The third-order valence-corrected chi connectivity index (χ3v) is 6.24. The minimum absolute atomic E-state index is 0.138. The molecule has 0 aromatic heterocycles. The van der Waals surface area contributed by atoms with E-state index in [-0.39, 0.29) is 11.9 Å². The number of benzene rings is 1. The van der Waals surface area contributed by atoms with Gasteiger partial charge in [-0.15, -0.1) is 0 Å². The molecule has 27 heavy (non-hydrogen) atoms. The lowest BCUT2D eigenvalue weighted by Gasteiger charge is -2.45. The summed E-state index contributed by atoms with van der Waals surface area (Å²) in [6.45, 7) is 5.23. The topological polar surface area (TPSA) is 53.1 Å². The molecule has 146 valence electrons.